The van der Waals surface area contributed by atoms with Crippen molar-refractivity contribution in [1.29, 1.82) is 0 Å². The third-order valence-electron chi connectivity index (χ3n) is 6.52. The zero-order valence-corrected chi connectivity index (χ0v) is 20.3. The number of primary amides is 1. The number of carbonyl (C=O) groups excluding carboxylic acids is 3. The van der Waals surface area contributed by atoms with Crippen molar-refractivity contribution < 1.29 is 49.0 Å². The number of ether oxygens (including phenoxy) is 3. The lowest BCUT2D eigenvalue weighted by Crippen LogP contribution is -2.54. The van der Waals surface area contributed by atoms with Crippen LogP contribution in [0.4, 0.5) is 0 Å². The quantitative estimate of drug-likeness (QED) is 0.157. The van der Waals surface area contributed by atoms with E-state index in [1.54, 1.807) is 0 Å². The summed E-state index contributed by atoms with van der Waals surface area (Å²) in [7, 11) is 0. The number of nitrogens with zero attached hydrogens (tertiary/aromatic N) is 1. The average Bonchev–Trinajstić information content (AvgIpc) is 3.02. The van der Waals surface area contributed by atoms with E-state index in [1.165, 1.54) is 0 Å². The van der Waals surface area contributed by atoms with Gasteiger partial charge in [0.25, 0.3) is 11.5 Å². The van der Waals surface area contributed by atoms with Crippen molar-refractivity contribution in [2.24, 2.45) is 5.73 Å². The molecule has 1 aromatic rings. The van der Waals surface area contributed by atoms with Gasteiger partial charge < -0.3 is 51.0 Å². The second kappa shape index (κ2) is 11.6. The molecule has 0 spiro atoms. The Morgan fingerprint density at radius 3 is 2.56 bits per heavy atom. The van der Waals surface area contributed by atoms with Crippen LogP contribution in [0.1, 0.15) is 25.5 Å². The molecule has 17 heteroatoms. The van der Waals surface area contributed by atoms with E-state index < -0.39 is 89.9 Å². The molecule has 1 aromatic heterocycles. The van der Waals surface area contributed by atoms with E-state index in [0.717, 1.165) is 29.3 Å². The maximum Gasteiger partial charge on any atom is 0.330 e. The average molecular weight is 555 g/mol. The van der Waals surface area contributed by atoms with Crippen LogP contribution >= 0.6 is 0 Å². The number of aromatic amines is 1. The lowest BCUT2D eigenvalue weighted by atomic mass is 10.0. The van der Waals surface area contributed by atoms with Gasteiger partial charge in [0, 0.05) is 18.8 Å². The van der Waals surface area contributed by atoms with Gasteiger partial charge in [-0.1, -0.05) is 0 Å². The number of nitrogens with one attached hydrogen (secondary N) is 3. The summed E-state index contributed by atoms with van der Waals surface area (Å²) in [5, 5.41) is 46.8. The largest absolute Gasteiger partial charge is 0.456 e. The number of rotatable bonds is 7. The van der Waals surface area contributed by atoms with E-state index in [-0.39, 0.29) is 0 Å². The summed E-state index contributed by atoms with van der Waals surface area (Å²) in [6, 6.07) is 0.0906. The fourth-order valence-electron chi connectivity index (χ4n) is 4.44. The smallest absolute Gasteiger partial charge is 0.330 e. The number of aromatic nitrogens is 2. The van der Waals surface area contributed by atoms with E-state index >= 15 is 0 Å². The molecule has 2 fully saturated rings. The van der Waals surface area contributed by atoms with E-state index in [0.29, 0.717) is 19.4 Å². The number of carbonyl (C=O) groups is 3. The number of aliphatic hydroxyl groups excluding tert-OH is 4. The normalized spacial score (nSPS) is 33.7. The van der Waals surface area contributed by atoms with Gasteiger partial charge in [0.15, 0.2) is 18.1 Å². The number of H-pyrrole nitrogens is 1. The number of hydrogen-bond donors (Lipinski definition) is 8. The standard InChI is InChI=1S/C22H29N5O12/c23-17(33)16(15-13(31)14(32)20(38-15)27-6-4-11(29)26-22(27)36)39-21-12(30)9(28)7-10(37-21)19(35)25-8-3-1-2-5-24-18(8)34/h4,6-9,12-16,20-21,28,30-32H,1-3,5H2,(H2,23,33)(H,24,34)(H,25,35)(H,26,29,36). The highest BCUT2D eigenvalue weighted by Gasteiger charge is 2.51. The first-order valence-electron chi connectivity index (χ1n) is 12.1. The van der Waals surface area contributed by atoms with Crippen LogP contribution in [0.15, 0.2) is 33.7 Å². The maximum atomic E-state index is 12.8. The molecule has 3 aliphatic rings. The maximum absolute atomic E-state index is 12.8. The van der Waals surface area contributed by atoms with Gasteiger partial charge in [0.2, 0.25) is 18.1 Å². The van der Waals surface area contributed by atoms with Crippen LogP contribution in [-0.2, 0) is 28.6 Å². The van der Waals surface area contributed by atoms with E-state index in [9.17, 15) is 44.4 Å². The lowest BCUT2D eigenvalue weighted by molar-refractivity contribution is -0.240. The monoisotopic (exact) mass is 555 g/mol. The van der Waals surface area contributed by atoms with Gasteiger partial charge in [-0.05, 0) is 25.3 Å². The van der Waals surface area contributed by atoms with Crippen molar-refractivity contribution in [1.82, 2.24) is 20.2 Å². The van der Waals surface area contributed by atoms with Crippen LogP contribution in [0.2, 0.25) is 0 Å². The van der Waals surface area contributed by atoms with Gasteiger partial charge in [-0.25, -0.2) is 4.79 Å². The van der Waals surface area contributed by atoms with Crippen LogP contribution in [0, 0.1) is 0 Å². The fourth-order valence-corrected chi connectivity index (χ4v) is 4.44. The molecule has 3 aliphatic heterocycles. The molecule has 9 N–H and O–H groups in total. The zero-order chi connectivity index (χ0) is 28.4. The molecule has 3 amide bonds. The predicted octanol–water partition coefficient (Wildman–Crippen LogP) is -5.23. The highest BCUT2D eigenvalue weighted by molar-refractivity contribution is 5.95. The van der Waals surface area contributed by atoms with Crippen molar-refractivity contribution in [2.45, 2.75) is 74.4 Å². The Labute approximate surface area is 219 Å². The molecule has 0 saturated carbocycles. The fraction of sp³-hybridized carbons (Fsp3) is 0.591. The summed E-state index contributed by atoms with van der Waals surface area (Å²) in [5.74, 6) is -3.08. The molecule has 9 atom stereocenters. The van der Waals surface area contributed by atoms with Gasteiger partial charge in [-0.2, -0.15) is 0 Å². The Bertz CT molecular complexity index is 1250. The molecule has 0 radical (unpaired) electrons. The van der Waals surface area contributed by atoms with Gasteiger partial charge in [-0.3, -0.25) is 28.7 Å². The summed E-state index contributed by atoms with van der Waals surface area (Å²) < 4.78 is 17.1. The van der Waals surface area contributed by atoms with Crippen molar-refractivity contribution in [3.05, 3.63) is 44.9 Å². The number of nitrogens with two attached hydrogens (primary N) is 1. The molecule has 0 aliphatic carbocycles. The van der Waals surface area contributed by atoms with Crippen LogP contribution in [0.5, 0.6) is 0 Å². The Kier molecular flexibility index (Phi) is 8.48. The molecular formula is C22H29N5O12. The molecule has 2 saturated heterocycles. The number of amides is 3. The molecule has 39 heavy (non-hydrogen) atoms. The predicted molar refractivity (Wildman–Crippen MR) is 125 cm³/mol. The number of hydrogen-bond acceptors (Lipinski definition) is 12. The van der Waals surface area contributed by atoms with Crippen molar-refractivity contribution in [3.63, 3.8) is 0 Å². The minimum Gasteiger partial charge on any atom is -0.456 e. The second-order valence-corrected chi connectivity index (χ2v) is 9.26. The molecule has 9 unspecified atom stereocenters. The lowest BCUT2D eigenvalue weighted by Gasteiger charge is -2.34. The Morgan fingerprint density at radius 1 is 1.13 bits per heavy atom. The summed E-state index contributed by atoms with van der Waals surface area (Å²) in [6.07, 6.45) is -10.7. The molecular weight excluding hydrogens is 526 g/mol. The SMILES string of the molecule is NC(=O)C(OC1OC(C(=O)NC2CCCCNC2=O)=CC(O)C1O)C1OC(n2ccc(=O)[nH]c2=O)C(O)C1O. The molecule has 4 rings (SSSR count). The van der Waals surface area contributed by atoms with Gasteiger partial charge in [0.05, 0.1) is 0 Å². The Balaban J connectivity index is 1.50. The Hall–Kier alpha value is -3.61. The molecule has 0 aromatic carbocycles. The Morgan fingerprint density at radius 2 is 1.87 bits per heavy atom. The van der Waals surface area contributed by atoms with Crippen molar-refractivity contribution in [2.75, 3.05) is 6.54 Å². The van der Waals surface area contributed by atoms with Crippen molar-refractivity contribution >= 4 is 17.7 Å². The molecule has 17 nitrogen and oxygen atoms in total. The first-order valence-corrected chi connectivity index (χ1v) is 12.1. The van der Waals surface area contributed by atoms with Crippen LogP contribution in [-0.4, -0.2) is 103 Å². The minimum atomic E-state index is -1.93. The highest BCUT2D eigenvalue weighted by Crippen LogP contribution is 2.32. The first-order chi connectivity index (χ1) is 18.5. The zero-order valence-electron chi connectivity index (χ0n) is 20.3. The third kappa shape index (κ3) is 6.02. The van der Waals surface area contributed by atoms with Crippen LogP contribution in [0.25, 0.3) is 0 Å². The van der Waals surface area contributed by atoms with Gasteiger partial charge in [0.1, 0.15) is 36.6 Å². The molecule has 0 bridgehead atoms. The highest BCUT2D eigenvalue weighted by atomic mass is 16.7. The van der Waals surface area contributed by atoms with Gasteiger partial charge in [-0.15, -0.1) is 0 Å². The third-order valence-corrected chi connectivity index (χ3v) is 6.52. The van der Waals surface area contributed by atoms with Crippen LogP contribution < -0.4 is 27.6 Å². The second-order valence-electron chi connectivity index (χ2n) is 9.26. The van der Waals surface area contributed by atoms with Crippen molar-refractivity contribution in [3.8, 4) is 0 Å². The number of aliphatic hydroxyl groups is 4. The summed E-state index contributed by atoms with van der Waals surface area (Å²) in [4.78, 5) is 62.6. The summed E-state index contributed by atoms with van der Waals surface area (Å²) in [6.45, 7) is 0.460. The topological polar surface area (TPSA) is 265 Å². The van der Waals surface area contributed by atoms with Gasteiger partial charge >= 0.3 is 5.69 Å². The van der Waals surface area contributed by atoms with E-state index in [2.05, 4.69) is 10.6 Å². The molecule has 214 valence electrons. The minimum absolute atomic E-state index is 0.360. The van der Waals surface area contributed by atoms with E-state index in [1.807, 2.05) is 4.98 Å². The molecule has 4 heterocycles. The van der Waals surface area contributed by atoms with Crippen LogP contribution in [0.3, 0.4) is 0 Å². The summed E-state index contributed by atoms with van der Waals surface area (Å²) >= 11 is 0. The summed E-state index contributed by atoms with van der Waals surface area (Å²) in [5.41, 5.74) is 3.71. The first kappa shape index (κ1) is 28.4. The van der Waals surface area contributed by atoms with E-state index in [4.69, 9.17) is 19.9 Å².